The fourth-order valence-electron chi connectivity index (χ4n) is 4.53. The number of amides is 1. The smallest absolute Gasteiger partial charge is 0.271 e. The highest BCUT2D eigenvalue weighted by Gasteiger charge is 2.58. The molecule has 4 aromatic rings. The zero-order valence-electron chi connectivity index (χ0n) is 19.6. The number of aromatic nitrogens is 4. The fourth-order valence-corrected chi connectivity index (χ4v) is 4.53. The Bertz CT molecular complexity index is 1490. The van der Waals surface area contributed by atoms with Crippen molar-refractivity contribution in [3.8, 4) is 16.9 Å². The molecule has 4 heterocycles. The van der Waals surface area contributed by atoms with Crippen molar-refractivity contribution in [1.29, 1.82) is 0 Å². The van der Waals surface area contributed by atoms with E-state index in [-0.39, 0.29) is 18.3 Å². The van der Waals surface area contributed by atoms with Crippen molar-refractivity contribution in [2.75, 3.05) is 4.90 Å². The van der Waals surface area contributed by atoms with Gasteiger partial charge in [0, 0.05) is 48.6 Å². The van der Waals surface area contributed by atoms with Gasteiger partial charge in [-0.05, 0) is 32.9 Å². The van der Waals surface area contributed by atoms with Gasteiger partial charge in [-0.15, -0.1) is 0 Å². The van der Waals surface area contributed by atoms with Gasteiger partial charge in [-0.2, -0.15) is 0 Å². The summed E-state index contributed by atoms with van der Waals surface area (Å²) in [5, 5.41) is 10.1. The Hall–Kier alpha value is -3.85. The van der Waals surface area contributed by atoms with E-state index in [0.717, 1.165) is 5.69 Å². The molecule has 0 atom stereocenters. The zero-order valence-corrected chi connectivity index (χ0v) is 19.6. The summed E-state index contributed by atoms with van der Waals surface area (Å²) in [6.45, 7) is 5.30. The third-order valence-corrected chi connectivity index (χ3v) is 6.63. The molecule has 1 amide bonds. The van der Waals surface area contributed by atoms with Crippen molar-refractivity contribution < 1.29 is 19.0 Å². The van der Waals surface area contributed by atoms with Gasteiger partial charge in [0.2, 0.25) is 0 Å². The number of carbonyl (C=O) groups excluding carboxylic acids is 1. The Morgan fingerprint density at radius 3 is 2.60 bits per heavy atom. The summed E-state index contributed by atoms with van der Waals surface area (Å²) in [6.07, 6.45) is 6.03. The summed E-state index contributed by atoms with van der Waals surface area (Å²) in [5.74, 6) is 0.411. The van der Waals surface area contributed by atoms with E-state index < -0.39 is 17.0 Å². The summed E-state index contributed by atoms with van der Waals surface area (Å²) >= 11 is 0. The van der Waals surface area contributed by atoms with Crippen molar-refractivity contribution in [3.05, 3.63) is 72.0 Å². The maximum atomic E-state index is 15.1. The molecule has 1 fully saturated rings. The second-order valence-corrected chi connectivity index (χ2v) is 9.72. The number of pyridine rings is 1. The van der Waals surface area contributed by atoms with E-state index in [1.807, 2.05) is 35.6 Å². The molecule has 1 N–H and O–H groups in total. The highest BCUT2D eigenvalue weighted by molar-refractivity contribution is 6.04. The van der Waals surface area contributed by atoms with Crippen LogP contribution >= 0.6 is 0 Å². The first-order chi connectivity index (χ1) is 16.7. The number of para-hydroxylation sites is 2. The third-order valence-electron chi connectivity index (χ3n) is 6.63. The number of fused-ring (bicyclic) bond motifs is 2. The second-order valence-electron chi connectivity index (χ2n) is 9.72. The molecule has 0 saturated heterocycles. The number of aryl methyl sites for hydroxylation is 1. The highest BCUT2D eigenvalue weighted by atomic mass is 19.1. The summed E-state index contributed by atoms with van der Waals surface area (Å²) < 4.78 is 22.9. The summed E-state index contributed by atoms with van der Waals surface area (Å²) in [6, 6.07) is 8.88. The number of anilines is 1. The van der Waals surface area contributed by atoms with Crippen LogP contribution in [0.4, 0.5) is 10.1 Å². The highest BCUT2D eigenvalue weighted by Crippen LogP contribution is 2.49. The van der Waals surface area contributed by atoms with Gasteiger partial charge < -0.3 is 14.2 Å². The first-order valence-corrected chi connectivity index (χ1v) is 11.5. The number of halogens is 1. The molecule has 8 nitrogen and oxygen atoms in total. The van der Waals surface area contributed by atoms with E-state index >= 15 is 4.39 Å². The lowest BCUT2D eigenvalue weighted by atomic mass is 10.1. The van der Waals surface area contributed by atoms with Gasteiger partial charge in [-0.1, -0.05) is 12.1 Å². The number of benzene rings is 1. The topological polar surface area (TPSA) is 92.9 Å². The molecule has 2 aliphatic rings. The number of aliphatic hydroxyl groups is 1. The molecule has 3 aromatic heterocycles. The number of hydrogen-bond acceptors (Lipinski definition) is 6. The maximum Gasteiger partial charge on any atom is 0.271 e. The molecule has 1 aliphatic heterocycles. The number of imidazole rings is 1. The first-order valence-electron chi connectivity index (χ1n) is 11.5. The maximum absolute atomic E-state index is 15.1. The monoisotopic (exact) mass is 473 g/mol. The fraction of sp³-hybridized carbons (Fsp3) is 0.308. The Labute approximate surface area is 201 Å². The normalized spacial score (nSPS) is 16.5. The van der Waals surface area contributed by atoms with Gasteiger partial charge in [0.05, 0.1) is 23.6 Å². The summed E-state index contributed by atoms with van der Waals surface area (Å²) in [4.78, 5) is 28.1. The SMILES string of the molecule is Cc1nc2cc(F)c(-c3cnc(C(C)(C)O)nc3)cn2c1CN1C(=O)C2(CC2)Oc2ccccc21. The molecule has 178 valence electrons. The van der Waals surface area contributed by atoms with Crippen LogP contribution in [0.2, 0.25) is 0 Å². The predicted molar refractivity (Wildman–Crippen MR) is 126 cm³/mol. The van der Waals surface area contributed by atoms with Crippen LogP contribution in [0.5, 0.6) is 5.75 Å². The van der Waals surface area contributed by atoms with Gasteiger partial charge in [-0.25, -0.2) is 19.3 Å². The minimum absolute atomic E-state index is 0.0662. The molecule has 1 aliphatic carbocycles. The molecule has 1 spiro atoms. The lowest BCUT2D eigenvalue weighted by Crippen LogP contribution is -2.47. The number of carbonyl (C=O) groups is 1. The van der Waals surface area contributed by atoms with Crippen molar-refractivity contribution in [3.63, 3.8) is 0 Å². The Morgan fingerprint density at radius 2 is 1.91 bits per heavy atom. The average molecular weight is 474 g/mol. The minimum Gasteiger partial charge on any atom is -0.475 e. The predicted octanol–water partition coefficient (Wildman–Crippen LogP) is 3.92. The van der Waals surface area contributed by atoms with E-state index in [2.05, 4.69) is 15.0 Å². The largest absolute Gasteiger partial charge is 0.475 e. The third kappa shape index (κ3) is 3.46. The van der Waals surface area contributed by atoms with Crippen LogP contribution in [0.25, 0.3) is 16.8 Å². The molecule has 1 saturated carbocycles. The summed E-state index contributed by atoms with van der Waals surface area (Å²) in [7, 11) is 0. The molecule has 0 bridgehead atoms. The Morgan fingerprint density at radius 1 is 1.20 bits per heavy atom. The Balaban J connectivity index is 1.43. The minimum atomic E-state index is -1.20. The lowest BCUT2D eigenvalue weighted by Gasteiger charge is -2.34. The van der Waals surface area contributed by atoms with Crippen LogP contribution in [0.1, 0.15) is 43.9 Å². The number of nitrogens with zero attached hydrogens (tertiary/aromatic N) is 5. The first kappa shape index (κ1) is 21.7. The second kappa shape index (κ2) is 7.32. The van der Waals surface area contributed by atoms with Crippen molar-refractivity contribution in [1.82, 2.24) is 19.4 Å². The quantitative estimate of drug-likeness (QED) is 0.483. The van der Waals surface area contributed by atoms with Gasteiger partial charge in [0.25, 0.3) is 5.91 Å². The van der Waals surface area contributed by atoms with E-state index in [0.29, 0.717) is 46.7 Å². The van der Waals surface area contributed by atoms with Crippen LogP contribution in [0.15, 0.2) is 48.9 Å². The number of rotatable bonds is 4. The van der Waals surface area contributed by atoms with Crippen LogP contribution in [-0.4, -0.2) is 36.0 Å². The van der Waals surface area contributed by atoms with Crippen LogP contribution < -0.4 is 9.64 Å². The lowest BCUT2D eigenvalue weighted by molar-refractivity contribution is -0.128. The van der Waals surface area contributed by atoms with Crippen LogP contribution in [0.3, 0.4) is 0 Å². The van der Waals surface area contributed by atoms with Crippen molar-refractivity contribution in [2.45, 2.75) is 51.4 Å². The Kier molecular flexibility index (Phi) is 4.53. The molecular weight excluding hydrogens is 449 g/mol. The van der Waals surface area contributed by atoms with Crippen LogP contribution in [0, 0.1) is 12.7 Å². The standard InChI is InChI=1S/C26H24FN5O3/c1-15-20(14-32-19-6-4-5-7-21(19)35-26(8-9-26)24(32)33)31-13-17(18(27)10-22(31)30-15)16-11-28-23(29-12-16)25(2,3)34/h4-7,10-13,34H,8-9,14H2,1-3H3. The number of hydrogen-bond donors (Lipinski definition) is 1. The molecule has 0 radical (unpaired) electrons. The molecular formula is C26H24FN5O3. The average Bonchev–Trinajstić information content (AvgIpc) is 3.53. The van der Waals surface area contributed by atoms with E-state index in [1.54, 1.807) is 24.9 Å². The van der Waals surface area contributed by atoms with E-state index in [4.69, 9.17) is 4.74 Å². The van der Waals surface area contributed by atoms with Gasteiger partial charge in [0.1, 0.15) is 22.8 Å². The van der Waals surface area contributed by atoms with Gasteiger partial charge >= 0.3 is 0 Å². The molecule has 0 unspecified atom stereocenters. The molecule has 9 heteroatoms. The molecule has 35 heavy (non-hydrogen) atoms. The summed E-state index contributed by atoms with van der Waals surface area (Å²) in [5.41, 5.74) is 1.43. The molecule has 6 rings (SSSR count). The molecule has 1 aromatic carbocycles. The number of ether oxygens (including phenoxy) is 1. The van der Waals surface area contributed by atoms with Gasteiger partial charge in [-0.3, -0.25) is 9.69 Å². The van der Waals surface area contributed by atoms with Crippen molar-refractivity contribution >= 4 is 17.2 Å². The zero-order chi connectivity index (χ0) is 24.5. The van der Waals surface area contributed by atoms with E-state index in [9.17, 15) is 9.90 Å². The van der Waals surface area contributed by atoms with Crippen molar-refractivity contribution in [2.24, 2.45) is 0 Å². The van der Waals surface area contributed by atoms with E-state index in [1.165, 1.54) is 18.5 Å². The van der Waals surface area contributed by atoms with Gasteiger partial charge in [0.15, 0.2) is 11.4 Å². The van der Waals surface area contributed by atoms with Crippen LogP contribution in [-0.2, 0) is 16.9 Å².